The Morgan fingerprint density at radius 1 is 1.45 bits per heavy atom. The molecule has 0 atom stereocenters. The van der Waals surface area contributed by atoms with Crippen LogP contribution in [0.3, 0.4) is 0 Å². The maximum Gasteiger partial charge on any atom is 0.271 e. The summed E-state index contributed by atoms with van der Waals surface area (Å²) >= 11 is 4.90. The standard InChI is InChI=1S/C13H21N5OS/c1-4-15-13(19)10-5-6-12(17-16-10)18(9(2)3)8-7-11(14)20/h5-6,9H,4,7-8H2,1-3H3,(H2,14,20)(H,15,19). The normalized spacial score (nSPS) is 10.4. The third kappa shape index (κ3) is 4.73. The Bertz CT molecular complexity index is 460. The number of rotatable bonds is 7. The monoisotopic (exact) mass is 295 g/mol. The summed E-state index contributed by atoms with van der Waals surface area (Å²) in [6.07, 6.45) is 0.618. The lowest BCUT2D eigenvalue weighted by molar-refractivity contribution is 0.0950. The van der Waals surface area contributed by atoms with Gasteiger partial charge in [0.25, 0.3) is 5.91 Å². The van der Waals surface area contributed by atoms with E-state index in [0.717, 1.165) is 0 Å². The third-order valence-corrected chi connectivity index (χ3v) is 2.94. The number of hydrogen-bond donors (Lipinski definition) is 2. The van der Waals surface area contributed by atoms with Crippen molar-refractivity contribution in [2.75, 3.05) is 18.0 Å². The van der Waals surface area contributed by atoms with E-state index in [1.165, 1.54) is 0 Å². The van der Waals surface area contributed by atoms with Crippen LogP contribution in [0.4, 0.5) is 5.82 Å². The summed E-state index contributed by atoms with van der Waals surface area (Å²) in [5.41, 5.74) is 5.85. The van der Waals surface area contributed by atoms with E-state index in [1.807, 2.05) is 11.8 Å². The predicted octanol–water partition coefficient (Wildman–Crippen LogP) is 1.12. The van der Waals surface area contributed by atoms with Gasteiger partial charge in [0.05, 0.1) is 4.99 Å². The van der Waals surface area contributed by atoms with Crippen LogP contribution in [0.5, 0.6) is 0 Å². The number of aromatic nitrogens is 2. The highest BCUT2D eigenvalue weighted by Crippen LogP contribution is 2.13. The molecular weight excluding hydrogens is 274 g/mol. The highest BCUT2D eigenvalue weighted by Gasteiger charge is 2.14. The molecule has 3 N–H and O–H groups in total. The summed E-state index contributed by atoms with van der Waals surface area (Å²) in [6, 6.07) is 3.70. The quantitative estimate of drug-likeness (QED) is 0.733. The lowest BCUT2D eigenvalue weighted by Gasteiger charge is -2.27. The molecule has 0 aliphatic rings. The van der Waals surface area contributed by atoms with Crippen molar-refractivity contribution in [1.29, 1.82) is 0 Å². The van der Waals surface area contributed by atoms with Crippen molar-refractivity contribution in [1.82, 2.24) is 15.5 Å². The highest BCUT2D eigenvalue weighted by atomic mass is 32.1. The van der Waals surface area contributed by atoms with Gasteiger partial charge in [-0.1, -0.05) is 12.2 Å². The Hall–Kier alpha value is -1.76. The molecule has 6 nitrogen and oxygen atoms in total. The van der Waals surface area contributed by atoms with Crippen molar-refractivity contribution in [3.63, 3.8) is 0 Å². The first kappa shape index (κ1) is 16.3. The van der Waals surface area contributed by atoms with Crippen molar-refractivity contribution >= 4 is 28.9 Å². The number of thiocarbonyl (C=S) groups is 1. The molecule has 1 aromatic heterocycles. The molecule has 7 heteroatoms. The Morgan fingerprint density at radius 2 is 2.15 bits per heavy atom. The summed E-state index contributed by atoms with van der Waals surface area (Å²) in [4.78, 5) is 14.1. The average molecular weight is 295 g/mol. The van der Waals surface area contributed by atoms with Gasteiger partial charge in [0.2, 0.25) is 0 Å². The molecule has 1 heterocycles. The Morgan fingerprint density at radius 3 is 2.60 bits per heavy atom. The van der Waals surface area contributed by atoms with Gasteiger partial charge in [-0.2, -0.15) is 0 Å². The van der Waals surface area contributed by atoms with E-state index in [-0.39, 0.29) is 11.9 Å². The Labute approximate surface area is 124 Å². The molecule has 110 valence electrons. The minimum atomic E-state index is -0.217. The lowest BCUT2D eigenvalue weighted by Crippen LogP contribution is -2.34. The molecule has 0 saturated heterocycles. The first-order valence-corrected chi connectivity index (χ1v) is 7.03. The molecule has 0 aromatic carbocycles. The van der Waals surface area contributed by atoms with Crippen LogP contribution in [-0.2, 0) is 0 Å². The third-order valence-electron chi connectivity index (χ3n) is 2.74. The Kier molecular flexibility index (Phi) is 6.30. The van der Waals surface area contributed by atoms with Gasteiger partial charge in [0.1, 0.15) is 0 Å². The van der Waals surface area contributed by atoms with Crippen LogP contribution < -0.4 is 16.0 Å². The molecule has 0 bridgehead atoms. The second-order valence-corrected chi connectivity index (χ2v) is 5.16. The molecule has 0 radical (unpaired) electrons. The zero-order chi connectivity index (χ0) is 15.1. The summed E-state index contributed by atoms with van der Waals surface area (Å²) in [7, 11) is 0. The van der Waals surface area contributed by atoms with Crippen LogP contribution in [0.1, 0.15) is 37.7 Å². The van der Waals surface area contributed by atoms with Crippen LogP contribution >= 0.6 is 12.2 Å². The molecule has 0 unspecified atom stereocenters. The largest absolute Gasteiger partial charge is 0.393 e. The molecular formula is C13H21N5OS. The smallest absolute Gasteiger partial charge is 0.271 e. The van der Waals surface area contributed by atoms with E-state index in [1.54, 1.807) is 12.1 Å². The summed E-state index contributed by atoms with van der Waals surface area (Å²) in [5.74, 6) is 0.495. The van der Waals surface area contributed by atoms with Crippen molar-refractivity contribution in [2.45, 2.75) is 33.2 Å². The molecule has 0 aliphatic heterocycles. The number of carbonyl (C=O) groups is 1. The van der Waals surface area contributed by atoms with Gasteiger partial charge in [-0.05, 0) is 32.9 Å². The van der Waals surface area contributed by atoms with Crippen LogP contribution in [-0.4, -0.2) is 40.2 Å². The number of carbonyl (C=O) groups excluding carboxylic acids is 1. The fraction of sp³-hybridized carbons (Fsp3) is 0.538. The molecule has 1 amide bonds. The minimum absolute atomic E-state index is 0.217. The summed E-state index contributed by atoms with van der Waals surface area (Å²) in [6.45, 7) is 7.21. The zero-order valence-corrected chi connectivity index (χ0v) is 12.9. The highest BCUT2D eigenvalue weighted by molar-refractivity contribution is 7.80. The van der Waals surface area contributed by atoms with Crippen LogP contribution in [0.25, 0.3) is 0 Å². The fourth-order valence-electron chi connectivity index (χ4n) is 1.72. The molecule has 0 aliphatic carbocycles. The van der Waals surface area contributed by atoms with E-state index in [2.05, 4.69) is 29.4 Å². The summed E-state index contributed by atoms with van der Waals surface area (Å²) in [5, 5.41) is 10.8. The maximum absolute atomic E-state index is 11.6. The number of nitrogens with two attached hydrogens (primary N) is 1. The lowest BCUT2D eigenvalue weighted by atomic mass is 10.2. The maximum atomic E-state index is 11.6. The van der Waals surface area contributed by atoms with Crippen LogP contribution in [0, 0.1) is 0 Å². The van der Waals surface area contributed by atoms with Crippen molar-refractivity contribution in [3.05, 3.63) is 17.8 Å². The number of amides is 1. The molecule has 0 fully saturated rings. The second kappa shape index (κ2) is 7.74. The average Bonchev–Trinajstić information content (AvgIpc) is 2.39. The van der Waals surface area contributed by atoms with E-state index < -0.39 is 0 Å². The molecule has 0 spiro atoms. The van der Waals surface area contributed by atoms with Gasteiger partial charge in [-0.15, -0.1) is 10.2 Å². The van der Waals surface area contributed by atoms with Gasteiger partial charge in [-0.3, -0.25) is 4.79 Å². The molecule has 1 rings (SSSR count). The first-order valence-electron chi connectivity index (χ1n) is 6.62. The van der Waals surface area contributed by atoms with E-state index in [0.29, 0.717) is 36.0 Å². The van der Waals surface area contributed by atoms with Crippen molar-refractivity contribution < 1.29 is 4.79 Å². The molecule has 0 saturated carbocycles. The van der Waals surface area contributed by atoms with Gasteiger partial charge < -0.3 is 16.0 Å². The molecule has 1 aromatic rings. The Balaban J connectivity index is 2.82. The fourth-order valence-corrected chi connectivity index (χ4v) is 1.81. The van der Waals surface area contributed by atoms with Crippen LogP contribution in [0.2, 0.25) is 0 Å². The number of hydrogen-bond acceptors (Lipinski definition) is 5. The summed E-state index contributed by atoms with van der Waals surface area (Å²) < 4.78 is 0. The first-order chi connectivity index (χ1) is 9.45. The topological polar surface area (TPSA) is 84.1 Å². The van der Waals surface area contributed by atoms with Gasteiger partial charge in [-0.25, -0.2) is 0 Å². The van der Waals surface area contributed by atoms with Gasteiger partial charge in [0, 0.05) is 25.6 Å². The predicted molar refractivity (Wildman–Crippen MR) is 83.9 cm³/mol. The molecule has 20 heavy (non-hydrogen) atoms. The van der Waals surface area contributed by atoms with Gasteiger partial charge >= 0.3 is 0 Å². The number of anilines is 1. The van der Waals surface area contributed by atoms with Gasteiger partial charge in [0.15, 0.2) is 11.5 Å². The second-order valence-electron chi connectivity index (χ2n) is 4.64. The number of nitrogens with zero attached hydrogens (tertiary/aromatic N) is 3. The van der Waals surface area contributed by atoms with Crippen LogP contribution in [0.15, 0.2) is 12.1 Å². The van der Waals surface area contributed by atoms with E-state index in [4.69, 9.17) is 18.0 Å². The van der Waals surface area contributed by atoms with E-state index in [9.17, 15) is 4.79 Å². The van der Waals surface area contributed by atoms with E-state index >= 15 is 0 Å². The van der Waals surface area contributed by atoms with Crippen molar-refractivity contribution in [3.8, 4) is 0 Å². The zero-order valence-electron chi connectivity index (χ0n) is 12.1. The van der Waals surface area contributed by atoms with Crippen molar-refractivity contribution in [2.24, 2.45) is 5.73 Å². The SMILES string of the molecule is CCNC(=O)c1ccc(N(CCC(N)=S)C(C)C)nn1. The number of nitrogens with one attached hydrogen (secondary N) is 1. The minimum Gasteiger partial charge on any atom is -0.393 e.